The van der Waals surface area contributed by atoms with Crippen LogP contribution >= 0.6 is 0 Å². The summed E-state index contributed by atoms with van der Waals surface area (Å²) in [7, 11) is -1.14. The maximum absolute atomic E-state index is 12.0. The van der Waals surface area contributed by atoms with Crippen LogP contribution < -0.4 is 4.72 Å². The third-order valence-electron chi connectivity index (χ3n) is 3.60. The molecule has 2 fully saturated rings. The summed E-state index contributed by atoms with van der Waals surface area (Å²) in [6.45, 7) is 5.14. The van der Waals surface area contributed by atoms with Crippen molar-refractivity contribution in [3.8, 4) is 0 Å². The standard InChI is InChI=1S/C11H22N2O3S/c1-9-5-13(2)6-11(9)12-17(14,15)8-10-3-4-16-7-10/h9-12H,3-8H2,1-2H3/t9-,10-,11-/m1/s1. The third-order valence-corrected chi connectivity index (χ3v) is 5.18. The van der Waals surface area contributed by atoms with Gasteiger partial charge in [0.05, 0.1) is 12.4 Å². The normalized spacial score (nSPS) is 35.5. The van der Waals surface area contributed by atoms with Gasteiger partial charge >= 0.3 is 0 Å². The van der Waals surface area contributed by atoms with Gasteiger partial charge in [0, 0.05) is 25.7 Å². The Morgan fingerprint density at radius 2 is 2.18 bits per heavy atom. The molecule has 0 spiro atoms. The number of sulfonamides is 1. The number of hydrogen-bond donors (Lipinski definition) is 1. The van der Waals surface area contributed by atoms with Crippen molar-refractivity contribution in [1.29, 1.82) is 0 Å². The molecule has 2 rings (SSSR count). The summed E-state index contributed by atoms with van der Waals surface area (Å²) < 4.78 is 32.1. The van der Waals surface area contributed by atoms with Crippen LogP contribution in [0.1, 0.15) is 13.3 Å². The van der Waals surface area contributed by atoms with E-state index in [9.17, 15) is 8.42 Å². The molecule has 2 aliphatic rings. The minimum absolute atomic E-state index is 0.0623. The van der Waals surface area contributed by atoms with Crippen molar-refractivity contribution in [3.05, 3.63) is 0 Å². The number of likely N-dealkylation sites (N-methyl/N-ethyl adjacent to an activating group) is 1. The minimum atomic E-state index is -3.16. The van der Waals surface area contributed by atoms with E-state index in [-0.39, 0.29) is 17.7 Å². The van der Waals surface area contributed by atoms with Crippen molar-refractivity contribution in [2.45, 2.75) is 19.4 Å². The molecule has 2 saturated heterocycles. The van der Waals surface area contributed by atoms with Crippen molar-refractivity contribution in [2.24, 2.45) is 11.8 Å². The molecule has 3 atom stereocenters. The number of likely N-dealkylation sites (tertiary alicyclic amines) is 1. The molecule has 2 aliphatic heterocycles. The number of hydrogen-bond acceptors (Lipinski definition) is 4. The van der Waals surface area contributed by atoms with Gasteiger partial charge in [-0.05, 0) is 25.3 Å². The van der Waals surface area contributed by atoms with E-state index in [2.05, 4.69) is 16.5 Å². The van der Waals surface area contributed by atoms with Crippen LogP contribution in [0.5, 0.6) is 0 Å². The molecule has 0 aromatic rings. The van der Waals surface area contributed by atoms with Crippen LogP contribution in [-0.4, -0.2) is 58.5 Å². The lowest BCUT2D eigenvalue weighted by Crippen LogP contribution is -2.42. The molecule has 2 heterocycles. The Morgan fingerprint density at radius 3 is 2.71 bits per heavy atom. The predicted octanol–water partition coefficient (Wildman–Crippen LogP) is -0.108. The average Bonchev–Trinajstić information content (AvgIpc) is 2.76. The topological polar surface area (TPSA) is 58.6 Å². The highest BCUT2D eigenvalue weighted by Gasteiger charge is 2.32. The molecule has 0 aliphatic carbocycles. The molecule has 1 N–H and O–H groups in total. The van der Waals surface area contributed by atoms with Gasteiger partial charge in [-0.15, -0.1) is 0 Å². The zero-order valence-electron chi connectivity index (χ0n) is 10.6. The fourth-order valence-corrected chi connectivity index (χ4v) is 4.41. The SMILES string of the molecule is C[C@@H]1CN(C)C[C@H]1NS(=O)(=O)C[C@@H]1CCOC1. The van der Waals surface area contributed by atoms with Gasteiger partial charge in [0.25, 0.3) is 0 Å². The summed E-state index contributed by atoms with van der Waals surface area (Å²) in [6.07, 6.45) is 0.862. The van der Waals surface area contributed by atoms with Gasteiger partial charge in [0.1, 0.15) is 0 Å². The van der Waals surface area contributed by atoms with Crippen molar-refractivity contribution in [1.82, 2.24) is 9.62 Å². The monoisotopic (exact) mass is 262 g/mol. The van der Waals surface area contributed by atoms with E-state index in [4.69, 9.17) is 4.74 Å². The molecule has 0 saturated carbocycles. The molecule has 100 valence electrons. The lowest BCUT2D eigenvalue weighted by atomic mass is 10.1. The van der Waals surface area contributed by atoms with E-state index in [1.165, 1.54) is 0 Å². The molecule has 0 unspecified atom stereocenters. The second-order valence-corrected chi connectivity index (χ2v) is 7.23. The highest BCUT2D eigenvalue weighted by molar-refractivity contribution is 7.89. The van der Waals surface area contributed by atoms with Crippen LogP contribution in [0, 0.1) is 11.8 Å². The second-order valence-electron chi connectivity index (χ2n) is 5.43. The van der Waals surface area contributed by atoms with Crippen LogP contribution in [0.25, 0.3) is 0 Å². The van der Waals surface area contributed by atoms with Crippen LogP contribution in [0.4, 0.5) is 0 Å². The first-order valence-corrected chi connectivity index (χ1v) is 7.88. The van der Waals surface area contributed by atoms with Gasteiger partial charge in [-0.3, -0.25) is 0 Å². The molecule has 0 amide bonds. The van der Waals surface area contributed by atoms with E-state index in [0.717, 1.165) is 19.5 Å². The molecular formula is C11H22N2O3S. The van der Waals surface area contributed by atoms with Crippen LogP contribution in [0.15, 0.2) is 0 Å². The fraction of sp³-hybridized carbons (Fsp3) is 1.00. The molecule has 0 bridgehead atoms. The number of ether oxygens (including phenoxy) is 1. The Labute approximate surface area is 104 Å². The van der Waals surface area contributed by atoms with E-state index < -0.39 is 10.0 Å². The Morgan fingerprint density at radius 1 is 1.41 bits per heavy atom. The summed E-state index contributed by atoms with van der Waals surface area (Å²) >= 11 is 0. The number of rotatable bonds is 4. The van der Waals surface area contributed by atoms with Gasteiger partial charge < -0.3 is 9.64 Å². The van der Waals surface area contributed by atoms with Gasteiger partial charge in [-0.1, -0.05) is 6.92 Å². The molecule has 5 nitrogen and oxygen atoms in total. The van der Waals surface area contributed by atoms with E-state index in [0.29, 0.717) is 19.1 Å². The Balaban J connectivity index is 1.88. The van der Waals surface area contributed by atoms with Gasteiger partial charge in [0.2, 0.25) is 10.0 Å². The summed E-state index contributed by atoms with van der Waals surface area (Å²) in [5, 5.41) is 0. The Hall–Kier alpha value is -0.170. The molecule has 0 aromatic heterocycles. The van der Waals surface area contributed by atoms with E-state index in [1.807, 2.05) is 7.05 Å². The highest BCUT2D eigenvalue weighted by atomic mass is 32.2. The summed E-state index contributed by atoms with van der Waals surface area (Å²) in [5.74, 6) is 0.761. The van der Waals surface area contributed by atoms with Crippen molar-refractivity contribution in [3.63, 3.8) is 0 Å². The molecule has 0 radical (unpaired) electrons. The first kappa shape index (κ1) is 13.3. The van der Waals surface area contributed by atoms with Crippen LogP contribution in [0.3, 0.4) is 0 Å². The van der Waals surface area contributed by atoms with Crippen molar-refractivity contribution < 1.29 is 13.2 Å². The smallest absolute Gasteiger partial charge is 0.212 e. The lowest BCUT2D eigenvalue weighted by molar-refractivity contribution is 0.188. The largest absolute Gasteiger partial charge is 0.381 e. The maximum Gasteiger partial charge on any atom is 0.212 e. The minimum Gasteiger partial charge on any atom is -0.381 e. The summed E-state index contributed by atoms with van der Waals surface area (Å²) in [5.41, 5.74) is 0. The summed E-state index contributed by atoms with van der Waals surface area (Å²) in [4.78, 5) is 2.16. The highest BCUT2D eigenvalue weighted by Crippen LogP contribution is 2.18. The van der Waals surface area contributed by atoms with Crippen LogP contribution in [-0.2, 0) is 14.8 Å². The number of nitrogens with zero attached hydrogens (tertiary/aromatic N) is 1. The Kier molecular flexibility index (Phi) is 4.07. The van der Waals surface area contributed by atoms with Gasteiger partial charge in [-0.25, -0.2) is 13.1 Å². The second kappa shape index (κ2) is 5.22. The molecule has 6 heteroatoms. The first-order chi connectivity index (χ1) is 7.96. The van der Waals surface area contributed by atoms with Crippen molar-refractivity contribution >= 4 is 10.0 Å². The zero-order valence-corrected chi connectivity index (χ0v) is 11.4. The van der Waals surface area contributed by atoms with E-state index >= 15 is 0 Å². The average molecular weight is 262 g/mol. The summed E-state index contributed by atoms with van der Waals surface area (Å²) in [6, 6.07) is 0.0623. The fourth-order valence-electron chi connectivity index (χ4n) is 2.67. The lowest BCUT2D eigenvalue weighted by Gasteiger charge is -2.18. The van der Waals surface area contributed by atoms with Gasteiger partial charge in [0.15, 0.2) is 0 Å². The quantitative estimate of drug-likeness (QED) is 0.768. The third kappa shape index (κ3) is 3.64. The Bertz CT molecular complexity index is 352. The van der Waals surface area contributed by atoms with E-state index in [1.54, 1.807) is 0 Å². The van der Waals surface area contributed by atoms with Crippen LogP contribution in [0.2, 0.25) is 0 Å². The maximum atomic E-state index is 12.0. The molecule has 17 heavy (non-hydrogen) atoms. The first-order valence-electron chi connectivity index (χ1n) is 6.22. The zero-order chi connectivity index (χ0) is 12.5. The molecule has 0 aromatic carbocycles. The van der Waals surface area contributed by atoms with Gasteiger partial charge in [-0.2, -0.15) is 0 Å². The predicted molar refractivity (Wildman–Crippen MR) is 66.3 cm³/mol. The molecular weight excluding hydrogens is 240 g/mol. The number of nitrogens with one attached hydrogen (secondary N) is 1. The van der Waals surface area contributed by atoms with Crippen molar-refractivity contribution in [2.75, 3.05) is 39.1 Å².